The zero-order valence-corrected chi connectivity index (χ0v) is 10.5. The van der Waals surface area contributed by atoms with Crippen LogP contribution in [0.3, 0.4) is 0 Å². The fourth-order valence-corrected chi connectivity index (χ4v) is 2.18. The van der Waals surface area contributed by atoms with Gasteiger partial charge < -0.3 is 9.72 Å². The number of non-ortho nitro benzene ring substituents is 1. The lowest BCUT2D eigenvalue weighted by Crippen LogP contribution is -2.04. The maximum Gasteiger partial charge on any atom is 0.271 e. The highest BCUT2D eigenvalue weighted by Gasteiger charge is 2.11. The number of benzene rings is 2. The van der Waals surface area contributed by atoms with E-state index in [-0.39, 0.29) is 11.1 Å². The van der Waals surface area contributed by atoms with Gasteiger partial charge in [0.2, 0.25) is 0 Å². The monoisotopic (exact) mass is 270 g/mol. The molecule has 1 aromatic heterocycles. The quantitative estimate of drug-likeness (QED) is 0.440. The Hall–Kier alpha value is -2.89. The Morgan fingerprint density at radius 2 is 1.90 bits per heavy atom. The van der Waals surface area contributed by atoms with Gasteiger partial charge in [-0.1, -0.05) is 0 Å². The number of nitro groups is 1. The number of H-pyrrole nitrogens is 1. The number of methoxy groups -OCH3 is 1. The molecule has 0 radical (unpaired) electrons. The molecule has 0 bridgehead atoms. The zero-order chi connectivity index (χ0) is 14.3. The van der Waals surface area contributed by atoms with Crippen LogP contribution in [0, 0.1) is 10.1 Å². The van der Waals surface area contributed by atoms with Crippen molar-refractivity contribution in [1.29, 1.82) is 0 Å². The molecule has 0 saturated heterocycles. The largest absolute Gasteiger partial charge is 0.497 e. The number of fused-ring (bicyclic) bond motifs is 2. The number of hydrogen-bond donors (Lipinski definition) is 1. The molecule has 0 amide bonds. The van der Waals surface area contributed by atoms with Gasteiger partial charge in [-0.15, -0.1) is 0 Å². The molecule has 0 unspecified atom stereocenters. The van der Waals surface area contributed by atoms with Gasteiger partial charge in [0, 0.05) is 22.9 Å². The highest BCUT2D eigenvalue weighted by atomic mass is 16.6. The van der Waals surface area contributed by atoms with Gasteiger partial charge in [0.1, 0.15) is 5.75 Å². The smallest absolute Gasteiger partial charge is 0.271 e. The van der Waals surface area contributed by atoms with E-state index in [1.165, 1.54) is 25.3 Å². The van der Waals surface area contributed by atoms with Crippen LogP contribution in [0.2, 0.25) is 0 Å². The molecule has 0 spiro atoms. The first-order valence-corrected chi connectivity index (χ1v) is 5.88. The molecule has 20 heavy (non-hydrogen) atoms. The summed E-state index contributed by atoms with van der Waals surface area (Å²) in [6.45, 7) is 0. The number of nitrogens with zero attached hydrogens (tertiary/aromatic N) is 1. The Balaban J connectivity index is 2.40. The SMILES string of the molecule is COc1ccc2[nH]c3cc([N+](=O)[O-])ccc3c(=O)c2c1. The van der Waals surface area contributed by atoms with E-state index in [1.807, 2.05) is 0 Å². The van der Waals surface area contributed by atoms with E-state index in [0.717, 1.165) is 0 Å². The second-order valence-electron chi connectivity index (χ2n) is 4.35. The molecule has 0 atom stereocenters. The fourth-order valence-electron chi connectivity index (χ4n) is 2.18. The van der Waals surface area contributed by atoms with Crippen molar-refractivity contribution in [2.45, 2.75) is 0 Å². The Morgan fingerprint density at radius 3 is 2.60 bits per heavy atom. The first-order valence-electron chi connectivity index (χ1n) is 5.88. The van der Waals surface area contributed by atoms with Gasteiger partial charge in [-0.3, -0.25) is 14.9 Å². The summed E-state index contributed by atoms with van der Waals surface area (Å²) in [5.74, 6) is 0.587. The lowest BCUT2D eigenvalue weighted by molar-refractivity contribution is -0.384. The first-order chi connectivity index (χ1) is 9.60. The van der Waals surface area contributed by atoms with E-state index < -0.39 is 4.92 Å². The third-order valence-corrected chi connectivity index (χ3v) is 3.20. The molecule has 2 aromatic carbocycles. The maximum atomic E-state index is 12.4. The van der Waals surface area contributed by atoms with Gasteiger partial charge in [0.15, 0.2) is 5.43 Å². The van der Waals surface area contributed by atoms with E-state index in [4.69, 9.17) is 4.74 Å². The number of aromatic nitrogens is 1. The van der Waals surface area contributed by atoms with Crippen LogP contribution >= 0.6 is 0 Å². The summed E-state index contributed by atoms with van der Waals surface area (Å²) in [5.41, 5.74) is 0.828. The maximum absolute atomic E-state index is 12.4. The average molecular weight is 270 g/mol. The number of ether oxygens (including phenoxy) is 1. The average Bonchev–Trinajstić information content (AvgIpc) is 2.46. The second kappa shape index (κ2) is 4.34. The normalized spacial score (nSPS) is 10.8. The zero-order valence-electron chi connectivity index (χ0n) is 10.5. The minimum absolute atomic E-state index is 0.0546. The lowest BCUT2D eigenvalue weighted by atomic mass is 10.1. The number of pyridine rings is 1. The molecule has 0 aliphatic rings. The first kappa shape index (κ1) is 12.2. The van der Waals surface area contributed by atoms with Gasteiger partial charge in [0.05, 0.1) is 23.1 Å². The molecule has 3 rings (SSSR count). The molecule has 0 fully saturated rings. The summed E-state index contributed by atoms with van der Waals surface area (Å²) in [6, 6.07) is 9.24. The van der Waals surface area contributed by atoms with Crippen molar-refractivity contribution >= 4 is 27.5 Å². The van der Waals surface area contributed by atoms with Gasteiger partial charge >= 0.3 is 0 Å². The number of nitro benzene ring substituents is 1. The van der Waals surface area contributed by atoms with Crippen LogP contribution in [0.4, 0.5) is 5.69 Å². The topological polar surface area (TPSA) is 85.2 Å². The summed E-state index contributed by atoms with van der Waals surface area (Å²) in [6.07, 6.45) is 0. The van der Waals surface area contributed by atoms with Crippen LogP contribution in [-0.4, -0.2) is 17.0 Å². The number of aromatic amines is 1. The Morgan fingerprint density at radius 1 is 1.10 bits per heavy atom. The molecule has 6 heteroatoms. The van der Waals surface area contributed by atoms with Crippen molar-refractivity contribution < 1.29 is 9.66 Å². The molecule has 1 heterocycles. The summed E-state index contributed by atoms with van der Waals surface area (Å²) >= 11 is 0. The van der Waals surface area contributed by atoms with E-state index >= 15 is 0 Å². The highest BCUT2D eigenvalue weighted by Crippen LogP contribution is 2.22. The molecule has 3 aromatic rings. The van der Waals surface area contributed by atoms with Crippen LogP contribution in [-0.2, 0) is 0 Å². The third kappa shape index (κ3) is 1.78. The summed E-state index contributed by atoms with van der Waals surface area (Å²) in [4.78, 5) is 25.7. The van der Waals surface area contributed by atoms with Crippen LogP contribution in [0.25, 0.3) is 21.8 Å². The Kier molecular flexibility index (Phi) is 2.64. The van der Waals surface area contributed by atoms with Crippen LogP contribution < -0.4 is 10.2 Å². The van der Waals surface area contributed by atoms with Crippen molar-refractivity contribution in [2.24, 2.45) is 0 Å². The van der Waals surface area contributed by atoms with Gasteiger partial charge in [-0.2, -0.15) is 0 Å². The fraction of sp³-hybridized carbons (Fsp3) is 0.0714. The molecule has 0 aliphatic heterocycles. The standard InChI is InChI=1S/C14H10N2O4/c1-20-9-3-5-12-11(7-9)14(17)10-4-2-8(16(18)19)6-13(10)15-12/h2-7H,1H3,(H,15,17). The van der Waals surface area contributed by atoms with E-state index in [9.17, 15) is 14.9 Å². The van der Waals surface area contributed by atoms with Crippen molar-refractivity contribution in [2.75, 3.05) is 7.11 Å². The number of nitrogens with one attached hydrogen (secondary N) is 1. The Labute approximate surface area is 112 Å². The predicted octanol–water partition coefficient (Wildman–Crippen LogP) is 2.60. The van der Waals surface area contributed by atoms with Crippen molar-refractivity contribution in [3.63, 3.8) is 0 Å². The van der Waals surface area contributed by atoms with Gasteiger partial charge in [-0.25, -0.2) is 0 Å². The summed E-state index contributed by atoms with van der Waals surface area (Å²) in [5, 5.41) is 11.7. The van der Waals surface area contributed by atoms with Crippen molar-refractivity contribution in [3.05, 3.63) is 56.7 Å². The molecule has 100 valence electrons. The number of hydrogen-bond acceptors (Lipinski definition) is 4. The van der Waals surface area contributed by atoms with Gasteiger partial charge in [0.25, 0.3) is 5.69 Å². The highest BCUT2D eigenvalue weighted by molar-refractivity contribution is 5.93. The molecular weight excluding hydrogens is 260 g/mol. The van der Waals surface area contributed by atoms with E-state index in [1.54, 1.807) is 18.2 Å². The molecule has 6 nitrogen and oxygen atoms in total. The minimum Gasteiger partial charge on any atom is -0.497 e. The molecule has 1 N–H and O–H groups in total. The molecule has 0 aliphatic carbocycles. The second-order valence-corrected chi connectivity index (χ2v) is 4.35. The van der Waals surface area contributed by atoms with Gasteiger partial charge in [-0.05, 0) is 24.3 Å². The van der Waals surface area contributed by atoms with E-state index in [2.05, 4.69) is 4.98 Å². The summed E-state index contributed by atoms with van der Waals surface area (Å²) in [7, 11) is 1.53. The summed E-state index contributed by atoms with van der Waals surface area (Å²) < 4.78 is 5.10. The molecule has 0 saturated carbocycles. The van der Waals surface area contributed by atoms with E-state index in [0.29, 0.717) is 27.6 Å². The van der Waals surface area contributed by atoms with Crippen LogP contribution in [0.1, 0.15) is 0 Å². The van der Waals surface area contributed by atoms with Crippen LogP contribution in [0.15, 0.2) is 41.2 Å². The van der Waals surface area contributed by atoms with Crippen molar-refractivity contribution in [3.8, 4) is 5.75 Å². The van der Waals surface area contributed by atoms with Crippen molar-refractivity contribution in [1.82, 2.24) is 4.98 Å². The van der Waals surface area contributed by atoms with Crippen LogP contribution in [0.5, 0.6) is 5.75 Å². The predicted molar refractivity (Wildman–Crippen MR) is 75.3 cm³/mol. The minimum atomic E-state index is -0.490. The Bertz CT molecular complexity index is 899. The lowest BCUT2D eigenvalue weighted by Gasteiger charge is -2.04. The number of rotatable bonds is 2. The molecular formula is C14H10N2O4. The third-order valence-electron chi connectivity index (χ3n) is 3.20.